The molecule has 0 radical (unpaired) electrons. The van der Waals surface area contributed by atoms with Crippen LogP contribution in [0.2, 0.25) is 0 Å². The number of aryl methyl sites for hydroxylation is 2. The molecule has 0 aliphatic rings. The van der Waals surface area contributed by atoms with Crippen molar-refractivity contribution in [3.63, 3.8) is 0 Å². The molecule has 0 aliphatic carbocycles. The van der Waals surface area contributed by atoms with Crippen LogP contribution in [-0.2, 0) is 20.7 Å². The lowest BCUT2D eigenvalue weighted by atomic mass is 9.93. The average Bonchev–Trinajstić information content (AvgIpc) is 2.96. The molecule has 4 aromatic carbocycles. The Bertz CT molecular complexity index is 1700. The number of carbonyl (C=O) groups excluding carboxylic acids is 3. The van der Waals surface area contributed by atoms with Crippen molar-refractivity contribution in [3.8, 4) is 18.2 Å². The first kappa shape index (κ1) is 31.6. The van der Waals surface area contributed by atoms with E-state index >= 15 is 0 Å². The quantitative estimate of drug-likeness (QED) is 0.162. The number of rotatable bonds is 8. The van der Waals surface area contributed by atoms with Gasteiger partial charge in [0.05, 0.1) is 0 Å². The average molecular weight is 592 g/mol. The van der Waals surface area contributed by atoms with Gasteiger partial charge in [-0.3, -0.25) is 14.5 Å². The molecule has 4 rings (SSSR count). The monoisotopic (exact) mass is 591 g/mol. The van der Waals surface area contributed by atoms with Gasteiger partial charge in [0.2, 0.25) is 0 Å². The summed E-state index contributed by atoms with van der Waals surface area (Å²) in [7, 11) is 0. The zero-order chi connectivity index (χ0) is 32.0. The van der Waals surface area contributed by atoms with Crippen LogP contribution in [0.5, 0.6) is 5.75 Å². The Morgan fingerprint density at radius 1 is 0.909 bits per heavy atom. The molecule has 226 valence electrons. The Morgan fingerprint density at radius 2 is 1.55 bits per heavy atom. The van der Waals surface area contributed by atoms with E-state index in [0.29, 0.717) is 16.8 Å². The van der Waals surface area contributed by atoms with E-state index in [0.717, 1.165) is 26.8 Å². The number of phenols is 1. The molecule has 8 heteroatoms. The third kappa shape index (κ3) is 7.75. The van der Waals surface area contributed by atoms with Crippen molar-refractivity contribution in [3.05, 3.63) is 107 Å². The van der Waals surface area contributed by atoms with Gasteiger partial charge in [0.25, 0.3) is 11.8 Å². The largest absolute Gasteiger partial charge is 0.508 e. The second-order valence-electron chi connectivity index (χ2n) is 11.7. The highest BCUT2D eigenvalue weighted by atomic mass is 16.6. The second kappa shape index (κ2) is 13.3. The minimum absolute atomic E-state index is 0.0301. The highest BCUT2D eigenvalue weighted by Gasteiger charge is 2.37. The van der Waals surface area contributed by atoms with E-state index in [1.54, 1.807) is 39.0 Å². The van der Waals surface area contributed by atoms with E-state index in [4.69, 9.17) is 11.2 Å². The van der Waals surface area contributed by atoms with E-state index in [9.17, 15) is 19.5 Å². The summed E-state index contributed by atoms with van der Waals surface area (Å²) < 4.78 is 5.44. The maximum Gasteiger partial charge on any atom is 0.408 e. The van der Waals surface area contributed by atoms with Crippen molar-refractivity contribution in [1.82, 2.24) is 10.2 Å². The molecule has 8 nitrogen and oxygen atoms in total. The number of alkyl carbamates (subject to hydrolysis) is 1. The molecule has 3 amide bonds. The number of anilines is 1. The predicted molar refractivity (Wildman–Crippen MR) is 172 cm³/mol. The first-order valence-corrected chi connectivity index (χ1v) is 14.3. The van der Waals surface area contributed by atoms with E-state index in [1.165, 1.54) is 12.1 Å². The van der Waals surface area contributed by atoms with Crippen LogP contribution in [0.15, 0.2) is 84.9 Å². The number of fused-ring (bicyclic) bond motifs is 1. The minimum atomic E-state index is -1.22. The Morgan fingerprint density at radius 3 is 2.16 bits per heavy atom. The van der Waals surface area contributed by atoms with Crippen molar-refractivity contribution in [2.75, 3.05) is 5.32 Å². The molecule has 0 saturated carbocycles. The molecule has 4 aromatic rings. The number of phenolic OH excluding ortho intramolecular Hbond substituents is 1. The molecular formula is C36H37N3O5. The summed E-state index contributed by atoms with van der Waals surface area (Å²) in [6.07, 6.45) is 5.22. The van der Waals surface area contributed by atoms with Gasteiger partial charge in [-0.15, -0.1) is 0 Å². The minimum Gasteiger partial charge on any atom is -0.508 e. The van der Waals surface area contributed by atoms with E-state index < -0.39 is 35.6 Å². The fourth-order valence-corrected chi connectivity index (χ4v) is 5.06. The predicted octanol–water partition coefficient (Wildman–Crippen LogP) is 6.40. The van der Waals surface area contributed by atoms with Crippen molar-refractivity contribution < 1.29 is 24.2 Å². The normalized spacial score (nSPS) is 12.5. The third-order valence-corrected chi connectivity index (χ3v) is 7.08. The number of nitrogens with zero attached hydrogens (tertiary/aromatic N) is 1. The van der Waals surface area contributed by atoms with Crippen LogP contribution < -0.4 is 10.6 Å². The third-order valence-electron chi connectivity index (χ3n) is 7.08. The summed E-state index contributed by atoms with van der Waals surface area (Å²) in [5.41, 5.74) is 2.50. The number of hydrogen-bond donors (Lipinski definition) is 3. The molecule has 0 saturated heterocycles. The van der Waals surface area contributed by atoms with Crippen LogP contribution in [0, 0.1) is 26.3 Å². The molecule has 0 aromatic heterocycles. The fourth-order valence-electron chi connectivity index (χ4n) is 5.06. The number of terminal acetylenes is 1. The van der Waals surface area contributed by atoms with Gasteiger partial charge in [-0.2, -0.15) is 0 Å². The van der Waals surface area contributed by atoms with Gasteiger partial charge >= 0.3 is 6.09 Å². The zero-order valence-electron chi connectivity index (χ0n) is 25.5. The molecular weight excluding hydrogens is 554 g/mol. The van der Waals surface area contributed by atoms with Gasteiger partial charge in [-0.25, -0.2) is 4.79 Å². The lowest BCUT2D eigenvalue weighted by molar-refractivity contribution is -0.136. The van der Waals surface area contributed by atoms with Crippen LogP contribution in [0.4, 0.5) is 10.5 Å². The summed E-state index contributed by atoms with van der Waals surface area (Å²) in [5, 5.41) is 17.3. The molecule has 0 spiro atoms. The van der Waals surface area contributed by atoms with E-state index in [2.05, 4.69) is 16.7 Å². The maximum atomic E-state index is 14.3. The number of nitrogens with one attached hydrogen (secondary N) is 2. The van der Waals surface area contributed by atoms with E-state index in [-0.39, 0.29) is 12.2 Å². The summed E-state index contributed by atoms with van der Waals surface area (Å²) >= 11 is 0. The molecule has 2 atom stereocenters. The summed E-state index contributed by atoms with van der Waals surface area (Å²) in [6.45, 7) is 8.84. The van der Waals surface area contributed by atoms with Crippen LogP contribution in [0.3, 0.4) is 0 Å². The number of aromatic hydroxyl groups is 1. The van der Waals surface area contributed by atoms with Gasteiger partial charge < -0.3 is 20.5 Å². The Hall–Kier alpha value is -5.29. The van der Waals surface area contributed by atoms with Crippen molar-refractivity contribution in [2.45, 2.75) is 58.7 Å². The lowest BCUT2D eigenvalue weighted by Crippen LogP contribution is -2.52. The number of carbonyl (C=O) groups is 3. The van der Waals surface area contributed by atoms with Gasteiger partial charge in [0, 0.05) is 18.2 Å². The van der Waals surface area contributed by atoms with Crippen LogP contribution in [-0.4, -0.2) is 39.6 Å². The molecule has 0 bridgehead atoms. The van der Waals surface area contributed by atoms with Crippen LogP contribution in [0.25, 0.3) is 10.8 Å². The number of hydrogen-bond acceptors (Lipinski definition) is 5. The topological polar surface area (TPSA) is 108 Å². The van der Waals surface area contributed by atoms with Gasteiger partial charge in [0.15, 0.2) is 0 Å². The lowest BCUT2D eigenvalue weighted by Gasteiger charge is -2.32. The van der Waals surface area contributed by atoms with Crippen molar-refractivity contribution >= 4 is 34.4 Å². The molecule has 0 heterocycles. The van der Waals surface area contributed by atoms with Crippen LogP contribution in [0.1, 0.15) is 49.1 Å². The molecule has 0 fully saturated rings. The van der Waals surface area contributed by atoms with E-state index in [1.807, 2.05) is 68.4 Å². The smallest absolute Gasteiger partial charge is 0.408 e. The second-order valence-corrected chi connectivity index (χ2v) is 11.7. The zero-order valence-corrected chi connectivity index (χ0v) is 25.5. The van der Waals surface area contributed by atoms with Gasteiger partial charge in [-0.1, -0.05) is 67.1 Å². The molecule has 2 unspecified atom stereocenters. The van der Waals surface area contributed by atoms with Crippen molar-refractivity contribution in [1.29, 1.82) is 0 Å². The number of amides is 3. The van der Waals surface area contributed by atoms with Crippen LogP contribution >= 0.6 is 0 Å². The fraction of sp³-hybridized carbons (Fsp3) is 0.250. The summed E-state index contributed by atoms with van der Waals surface area (Å²) in [4.78, 5) is 42.4. The first-order chi connectivity index (χ1) is 20.9. The number of ether oxygens (including phenoxy) is 1. The molecule has 3 N–H and O–H groups in total. The highest BCUT2D eigenvalue weighted by Crippen LogP contribution is 2.30. The Balaban J connectivity index is 1.74. The first-order valence-electron chi connectivity index (χ1n) is 14.3. The van der Waals surface area contributed by atoms with Crippen molar-refractivity contribution in [2.24, 2.45) is 0 Å². The number of benzene rings is 4. The highest BCUT2D eigenvalue weighted by molar-refractivity contribution is 6.01. The Labute approximate surface area is 258 Å². The summed E-state index contributed by atoms with van der Waals surface area (Å²) in [6, 6.07) is 25.2. The molecule has 0 aliphatic heterocycles. The van der Waals surface area contributed by atoms with Gasteiger partial charge in [-0.05, 0) is 91.9 Å². The SMILES string of the molecule is C#CN(C(=O)C(Cc1ccc(O)cc1)NC(=O)OC(C)(C)C)C(C(=O)Nc1ccc2ccccc2c1)c1c(C)cccc1C. The Kier molecular flexibility index (Phi) is 9.60. The maximum absolute atomic E-state index is 14.3. The standard InChI is InChI=1S/C36H37N3O5/c1-7-39(34(42)30(38-35(43)44-36(4,5)6)21-25-15-19-29(40)20-16-25)32(31-23(2)11-10-12-24(31)3)33(41)37-28-18-17-26-13-8-9-14-27(26)22-28/h1,8-20,22,30,32,40H,21H2,2-6H3,(H,37,41)(H,38,43). The molecule has 44 heavy (non-hydrogen) atoms. The summed E-state index contributed by atoms with van der Waals surface area (Å²) in [5.74, 6) is -1.13. The van der Waals surface area contributed by atoms with Gasteiger partial charge in [0.1, 0.15) is 23.4 Å².